The van der Waals surface area contributed by atoms with Crippen molar-refractivity contribution in [3.8, 4) is 0 Å². The minimum atomic E-state index is -0.00190. The zero-order valence-electron chi connectivity index (χ0n) is 10.1. The van der Waals surface area contributed by atoms with Crippen molar-refractivity contribution in [2.75, 3.05) is 0 Å². The van der Waals surface area contributed by atoms with Gasteiger partial charge < -0.3 is 10.3 Å². The van der Waals surface area contributed by atoms with Crippen LogP contribution in [-0.4, -0.2) is 10.9 Å². The normalized spacial score (nSPS) is 18.1. The molecule has 2 aromatic rings. The van der Waals surface area contributed by atoms with Crippen LogP contribution in [-0.2, 0) is 6.42 Å². The molecule has 1 aliphatic rings. The molecule has 0 bridgehead atoms. The van der Waals surface area contributed by atoms with E-state index in [1.807, 2.05) is 6.07 Å². The lowest BCUT2D eigenvalue weighted by Crippen LogP contribution is -2.30. The smallest absolute Gasteiger partial charge is 0.253 e. The van der Waals surface area contributed by atoms with Crippen molar-refractivity contribution in [3.05, 3.63) is 59.4 Å². The third-order valence-corrected chi connectivity index (χ3v) is 3.53. The number of hydrogen-bond acceptors (Lipinski definition) is 1. The lowest BCUT2D eigenvalue weighted by molar-refractivity contribution is 0.0933. The molecule has 1 aliphatic carbocycles. The van der Waals surface area contributed by atoms with Gasteiger partial charge in [0.05, 0.1) is 11.6 Å². The number of rotatable bonds is 2. The number of benzene rings is 1. The van der Waals surface area contributed by atoms with Gasteiger partial charge in [0.25, 0.3) is 5.91 Å². The minimum absolute atomic E-state index is 0.00190. The molecule has 1 heterocycles. The molecule has 2 N–H and O–H groups in total. The predicted octanol–water partition coefficient (Wildman–Crippen LogP) is 2.82. The van der Waals surface area contributed by atoms with Gasteiger partial charge in [0.1, 0.15) is 0 Å². The highest BCUT2D eigenvalue weighted by atomic mass is 16.1. The van der Waals surface area contributed by atoms with Crippen molar-refractivity contribution in [2.24, 2.45) is 0 Å². The zero-order valence-corrected chi connectivity index (χ0v) is 10.1. The second-order valence-electron chi connectivity index (χ2n) is 4.72. The molecule has 1 amide bonds. The highest BCUT2D eigenvalue weighted by Crippen LogP contribution is 2.29. The zero-order chi connectivity index (χ0) is 12.4. The summed E-state index contributed by atoms with van der Waals surface area (Å²) < 4.78 is 0. The van der Waals surface area contributed by atoms with E-state index in [-0.39, 0.29) is 11.9 Å². The molecule has 0 radical (unpaired) electrons. The maximum Gasteiger partial charge on any atom is 0.253 e. The molecule has 3 heteroatoms. The Labute approximate surface area is 106 Å². The first-order valence-electron chi connectivity index (χ1n) is 6.36. The lowest BCUT2D eigenvalue weighted by Gasteiger charge is -2.26. The van der Waals surface area contributed by atoms with E-state index in [2.05, 4.69) is 28.5 Å². The molecule has 0 spiro atoms. The first-order chi connectivity index (χ1) is 8.84. The number of aryl methyl sites for hydroxylation is 1. The van der Waals surface area contributed by atoms with Gasteiger partial charge in [0.2, 0.25) is 0 Å². The lowest BCUT2D eigenvalue weighted by atomic mass is 9.87. The van der Waals surface area contributed by atoms with E-state index < -0.39 is 0 Å². The standard InChI is InChI=1S/C15H16N2O/c18-15(12-8-9-16-10-12)17-14-7-3-5-11-4-1-2-6-13(11)14/h1-2,4,6,8-10,14,16H,3,5,7H2,(H,17,18). The van der Waals surface area contributed by atoms with Crippen LogP contribution >= 0.6 is 0 Å². The number of amides is 1. The maximum absolute atomic E-state index is 12.1. The number of H-pyrrole nitrogens is 1. The Kier molecular flexibility index (Phi) is 2.89. The Morgan fingerprint density at radius 1 is 1.28 bits per heavy atom. The highest BCUT2D eigenvalue weighted by Gasteiger charge is 2.21. The van der Waals surface area contributed by atoms with Crippen LogP contribution < -0.4 is 5.32 Å². The molecule has 1 unspecified atom stereocenters. The molecular weight excluding hydrogens is 224 g/mol. The summed E-state index contributed by atoms with van der Waals surface area (Å²) in [6.45, 7) is 0. The molecule has 0 fully saturated rings. The summed E-state index contributed by atoms with van der Waals surface area (Å²) in [4.78, 5) is 15.0. The summed E-state index contributed by atoms with van der Waals surface area (Å²) >= 11 is 0. The molecule has 3 nitrogen and oxygen atoms in total. The van der Waals surface area contributed by atoms with E-state index in [1.54, 1.807) is 18.5 Å². The fraction of sp³-hybridized carbons (Fsp3) is 0.267. The number of hydrogen-bond donors (Lipinski definition) is 2. The number of aromatic nitrogens is 1. The van der Waals surface area contributed by atoms with Gasteiger partial charge in [-0.05, 0) is 36.5 Å². The van der Waals surface area contributed by atoms with Gasteiger partial charge in [-0.1, -0.05) is 24.3 Å². The highest BCUT2D eigenvalue weighted by molar-refractivity contribution is 5.94. The SMILES string of the molecule is O=C(NC1CCCc2ccccc21)c1cc[nH]c1. The van der Waals surface area contributed by atoms with Gasteiger partial charge in [-0.3, -0.25) is 4.79 Å². The van der Waals surface area contributed by atoms with Gasteiger partial charge in [0, 0.05) is 12.4 Å². The van der Waals surface area contributed by atoms with Crippen molar-refractivity contribution in [3.63, 3.8) is 0 Å². The monoisotopic (exact) mass is 240 g/mol. The number of carbonyl (C=O) groups is 1. The van der Waals surface area contributed by atoms with E-state index in [1.165, 1.54) is 11.1 Å². The van der Waals surface area contributed by atoms with Crippen LogP contribution in [0.15, 0.2) is 42.7 Å². The van der Waals surface area contributed by atoms with Gasteiger partial charge in [0.15, 0.2) is 0 Å². The number of carbonyl (C=O) groups excluding carboxylic acids is 1. The molecule has 1 aromatic heterocycles. The quantitative estimate of drug-likeness (QED) is 0.833. The second kappa shape index (κ2) is 4.69. The van der Waals surface area contributed by atoms with Gasteiger partial charge in [-0.2, -0.15) is 0 Å². The first-order valence-corrected chi connectivity index (χ1v) is 6.36. The molecule has 1 aromatic carbocycles. The van der Waals surface area contributed by atoms with E-state index in [4.69, 9.17) is 0 Å². The summed E-state index contributed by atoms with van der Waals surface area (Å²) in [7, 11) is 0. The Balaban J connectivity index is 1.80. The molecule has 92 valence electrons. The third-order valence-electron chi connectivity index (χ3n) is 3.53. The summed E-state index contributed by atoms with van der Waals surface area (Å²) in [5, 5.41) is 3.12. The van der Waals surface area contributed by atoms with Crippen molar-refractivity contribution in [1.82, 2.24) is 10.3 Å². The first kappa shape index (κ1) is 11.1. The van der Waals surface area contributed by atoms with E-state index >= 15 is 0 Å². The van der Waals surface area contributed by atoms with Crippen molar-refractivity contribution >= 4 is 5.91 Å². The Bertz CT molecular complexity index is 545. The molecular formula is C15H16N2O. The third kappa shape index (κ3) is 2.04. The Morgan fingerprint density at radius 2 is 2.17 bits per heavy atom. The maximum atomic E-state index is 12.1. The summed E-state index contributed by atoms with van der Waals surface area (Å²) in [6.07, 6.45) is 6.77. The molecule has 0 saturated heterocycles. The Morgan fingerprint density at radius 3 is 3.00 bits per heavy atom. The van der Waals surface area contributed by atoms with Crippen molar-refractivity contribution in [1.29, 1.82) is 0 Å². The van der Waals surface area contributed by atoms with Crippen LogP contribution in [0.3, 0.4) is 0 Å². The molecule has 3 rings (SSSR count). The fourth-order valence-electron chi connectivity index (χ4n) is 2.61. The predicted molar refractivity (Wildman–Crippen MR) is 70.4 cm³/mol. The molecule has 0 aliphatic heterocycles. The van der Waals surface area contributed by atoms with Crippen LogP contribution in [0, 0.1) is 0 Å². The second-order valence-corrected chi connectivity index (χ2v) is 4.72. The average Bonchev–Trinajstić information content (AvgIpc) is 2.93. The van der Waals surface area contributed by atoms with Gasteiger partial charge in [-0.15, -0.1) is 0 Å². The van der Waals surface area contributed by atoms with Crippen LogP contribution in [0.2, 0.25) is 0 Å². The summed E-state index contributed by atoms with van der Waals surface area (Å²) in [6, 6.07) is 10.3. The molecule has 18 heavy (non-hydrogen) atoms. The number of nitrogens with one attached hydrogen (secondary N) is 2. The van der Waals surface area contributed by atoms with Crippen LogP contribution in [0.25, 0.3) is 0 Å². The number of aromatic amines is 1. The average molecular weight is 240 g/mol. The number of fused-ring (bicyclic) bond motifs is 1. The van der Waals surface area contributed by atoms with Gasteiger partial charge in [-0.25, -0.2) is 0 Å². The topological polar surface area (TPSA) is 44.9 Å². The fourth-order valence-corrected chi connectivity index (χ4v) is 2.61. The summed E-state index contributed by atoms with van der Waals surface area (Å²) in [5.41, 5.74) is 3.33. The Hall–Kier alpha value is -2.03. The van der Waals surface area contributed by atoms with Crippen LogP contribution in [0.4, 0.5) is 0 Å². The van der Waals surface area contributed by atoms with Crippen molar-refractivity contribution in [2.45, 2.75) is 25.3 Å². The van der Waals surface area contributed by atoms with E-state index in [9.17, 15) is 4.79 Å². The molecule has 1 atom stereocenters. The van der Waals surface area contributed by atoms with Crippen molar-refractivity contribution < 1.29 is 4.79 Å². The van der Waals surface area contributed by atoms with Crippen LogP contribution in [0.5, 0.6) is 0 Å². The van der Waals surface area contributed by atoms with E-state index in [0.29, 0.717) is 5.56 Å². The van der Waals surface area contributed by atoms with Gasteiger partial charge >= 0.3 is 0 Å². The molecule has 0 saturated carbocycles. The largest absolute Gasteiger partial charge is 0.367 e. The summed E-state index contributed by atoms with van der Waals surface area (Å²) in [5.74, 6) is -0.00190. The minimum Gasteiger partial charge on any atom is -0.367 e. The van der Waals surface area contributed by atoms with Crippen LogP contribution in [0.1, 0.15) is 40.4 Å². The van der Waals surface area contributed by atoms with E-state index in [0.717, 1.165) is 19.3 Å².